The summed E-state index contributed by atoms with van der Waals surface area (Å²) < 4.78 is 0. The predicted octanol–water partition coefficient (Wildman–Crippen LogP) is 3.67. The van der Waals surface area contributed by atoms with Crippen molar-refractivity contribution in [1.82, 2.24) is 9.97 Å². The number of rotatable bonds is 3. The first kappa shape index (κ1) is 11.4. The molecule has 0 radical (unpaired) electrons. The van der Waals surface area contributed by atoms with Crippen molar-refractivity contribution in [2.24, 2.45) is 0 Å². The van der Waals surface area contributed by atoms with Crippen LogP contribution in [0.3, 0.4) is 0 Å². The van der Waals surface area contributed by atoms with Crippen molar-refractivity contribution in [3.63, 3.8) is 0 Å². The molecule has 0 aromatic carbocycles. The van der Waals surface area contributed by atoms with Gasteiger partial charge in [0.15, 0.2) is 0 Å². The zero-order valence-electron chi connectivity index (χ0n) is 9.07. The number of pyridine rings is 1. The van der Waals surface area contributed by atoms with Crippen molar-refractivity contribution in [3.05, 3.63) is 39.6 Å². The van der Waals surface area contributed by atoms with Gasteiger partial charge in [-0.25, -0.2) is 9.97 Å². The van der Waals surface area contributed by atoms with Crippen molar-refractivity contribution in [3.8, 4) is 0 Å². The molecule has 0 amide bonds. The maximum absolute atomic E-state index is 5.81. The van der Waals surface area contributed by atoms with E-state index in [1.165, 1.54) is 4.88 Å². The highest BCUT2D eigenvalue weighted by Crippen LogP contribution is 2.23. The lowest BCUT2D eigenvalue weighted by Crippen LogP contribution is -2.05. The van der Waals surface area contributed by atoms with Crippen molar-refractivity contribution >= 4 is 28.6 Å². The molecule has 1 atom stereocenters. The molecule has 2 rings (SSSR count). The normalized spacial score (nSPS) is 12.4. The Hall–Kier alpha value is -1.13. The Kier molecular flexibility index (Phi) is 3.41. The lowest BCUT2D eigenvalue weighted by atomic mass is 10.3. The van der Waals surface area contributed by atoms with Crippen LogP contribution in [0.5, 0.6) is 0 Å². The van der Waals surface area contributed by atoms with Gasteiger partial charge >= 0.3 is 0 Å². The smallest absolute Gasteiger partial charge is 0.131 e. The topological polar surface area (TPSA) is 37.8 Å². The molecule has 84 valence electrons. The van der Waals surface area contributed by atoms with E-state index in [0.29, 0.717) is 5.15 Å². The molecule has 0 aliphatic carbocycles. The van der Waals surface area contributed by atoms with Gasteiger partial charge in [-0.2, -0.15) is 0 Å². The molecule has 2 aromatic heterocycles. The van der Waals surface area contributed by atoms with E-state index in [-0.39, 0.29) is 6.04 Å². The highest BCUT2D eigenvalue weighted by Gasteiger charge is 2.09. The lowest BCUT2D eigenvalue weighted by Gasteiger charge is -2.12. The molecule has 0 saturated carbocycles. The van der Waals surface area contributed by atoms with Crippen LogP contribution in [0, 0.1) is 6.92 Å². The van der Waals surface area contributed by atoms with E-state index in [9.17, 15) is 0 Å². The van der Waals surface area contributed by atoms with Gasteiger partial charge < -0.3 is 5.32 Å². The minimum absolute atomic E-state index is 0.178. The molecule has 0 spiro atoms. The van der Waals surface area contributed by atoms with E-state index in [1.54, 1.807) is 23.6 Å². The van der Waals surface area contributed by atoms with Crippen molar-refractivity contribution in [2.75, 3.05) is 5.32 Å². The van der Waals surface area contributed by atoms with E-state index >= 15 is 0 Å². The minimum Gasteiger partial charge on any atom is -0.376 e. The Bertz CT molecular complexity index is 484. The summed E-state index contributed by atoms with van der Waals surface area (Å²) in [6.45, 7) is 4.13. The van der Waals surface area contributed by atoms with E-state index in [0.717, 1.165) is 10.7 Å². The quantitative estimate of drug-likeness (QED) is 0.848. The molecule has 1 unspecified atom stereocenters. The van der Waals surface area contributed by atoms with Crippen LogP contribution < -0.4 is 5.32 Å². The summed E-state index contributed by atoms with van der Waals surface area (Å²) in [4.78, 5) is 9.50. The molecule has 0 saturated heterocycles. The molecular formula is C11H12ClN3S. The molecule has 5 heteroatoms. The standard InChI is InChI=1S/C11H12ClN3S/c1-7-6-14-11(16-7)8(2)15-9-3-4-13-10(12)5-9/h3-6,8H,1-2H3,(H,13,15). The van der Waals surface area contributed by atoms with E-state index in [2.05, 4.69) is 29.1 Å². The minimum atomic E-state index is 0.178. The number of hydrogen-bond acceptors (Lipinski definition) is 4. The van der Waals surface area contributed by atoms with Crippen LogP contribution in [-0.4, -0.2) is 9.97 Å². The van der Waals surface area contributed by atoms with Gasteiger partial charge in [0, 0.05) is 23.0 Å². The molecule has 0 aliphatic rings. The Balaban J connectivity index is 2.10. The van der Waals surface area contributed by atoms with E-state index < -0.39 is 0 Å². The van der Waals surface area contributed by atoms with Crippen LogP contribution in [0.2, 0.25) is 5.15 Å². The Morgan fingerprint density at radius 2 is 2.25 bits per heavy atom. The van der Waals surface area contributed by atoms with Crippen LogP contribution in [0.15, 0.2) is 24.5 Å². The summed E-state index contributed by atoms with van der Waals surface area (Å²) in [5, 5.41) is 4.90. The number of aromatic nitrogens is 2. The fourth-order valence-electron chi connectivity index (χ4n) is 1.38. The average molecular weight is 254 g/mol. The molecule has 2 heterocycles. The maximum Gasteiger partial charge on any atom is 0.131 e. The number of thiazole rings is 1. The third-order valence-corrected chi connectivity index (χ3v) is 3.42. The zero-order valence-corrected chi connectivity index (χ0v) is 10.6. The van der Waals surface area contributed by atoms with Crippen LogP contribution in [-0.2, 0) is 0 Å². The van der Waals surface area contributed by atoms with Crippen LogP contribution in [0.25, 0.3) is 0 Å². The number of nitrogens with one attached hydrogen (secondary N) is 1. The summed E-state index contributed by atoms with van der Waals surface area (Å²) in [6.07, 6.45) is 3.57. The van der Waals surface area contributed by atoms with E-state index in [1.807, 2.05) is 12.3 Å². The first-order valence-electron chi connectivity index (χ1n) is 4.95. The maximum atomic E-state index is 5.81. The van der Waals surface area contributed by atoms with Gasteiger partial charge in [0.2, 0.25) is 0 Å². The monoisotopic (exact) mass is 253 g/mol. The molecule has 1 N–H and O–H groups in total. The number of halogens is 1. The molecule has 0 bridgehead atoms. The second-order valence-corrected chi connectivity index (χ2v) is 5.20. The highest BCUT2D eigenvalue weighted by atomic mass is 35.5. The lowest BCUT2D eigenvalue weighted by molar-refractivity contribution is 0.869. The van der Waals surface area contributed by atoms with Crippen LogP contribution >= 0.6 is 22.9 Å². The largest absolute Gasteiger partial charge is 0.376 e. The summed E-state index contributed by atoms with van der Waals surface area (Å²) in [5.41, 5.74) is 0.959. The SMILES string of the molecule is Cc1cnc(C(C)Nc2ccnc(Cl)c2)s1. The van der Waals surface area contributed by atoms with Gasteiger partial charge in [0.25, 0.3) is 0 Å². The predicted molar refractivity (Wildman–Crippen MR) is 68.1 cm³/mol. The van der Waals surface area contributed by atoms with Crippen LogP contribution in [0.4, 0.5) is 5.69 Å². The number of hydrogen-bond donors (Lipinski definition) is 1. The summed E-state index contributed by atoms with van der Waals surface area (Å²) in [6, 6.07) is 3.87. The number of nitrogens with zero attached hydrogens (tertiary/aromatic N) is 2. The molecule has 0 fully saturated rings. The van der Waals surface area contributed by atoms with Crippen molar-refractivity contribution in [1.29, 1.82) is 0 Å². The van der Waals surface area contributed by atoms with Crippen LogP contribution in [0.1, 0.15) is 22.9 Å². The van der Waals surface area contributed by atoms with Gasteiger partial charge in [0.1, 0.15) is 10.2 Å². The molecule has 16 heavy (non-hydrogen) atoms. The summed E-state index contributed by atoms with van der Waals surface area (Å²) in [7, 11) is 0. The highest BCUT2D eigenvalue weighted by molar-refractivity contribution is 7.11. The van der Waals surface area contributed by atoms with Gasteiger partial charge in [-0.1, -0.05) is 11.6 Å². The molecular weight excluding hydrogens is 242 g/mol. The van der Waals surface area contributed by atoms with Crippen molar-refractivity contribution in [2.45, 2.75) is 19.9 Å². The molecule has 3 nitrogen and oxygen atoms in total. The molecule has 0 aliphatic heterocycles. The average Bonchev–Trinajstić information content (AvgIpc) is 2.65. The zero-order chi connectivity index (χ0) is 11.5. The van der Waals surface area contributed by atoms with E-state index in [4.69, 9.17) is 11.6 Å². The summed E-state index contributed by atoms with van der Waals surface area (Å²) >= 11 is 7.51. The van der Waals surface area contributed by atoms with Crippen molar-refractivity contribution < 1.29 is 0 Å². The Morgan fingerprint density at radius 3 is 2.88 bits per heavy atom. The van der Waals surface area contributed by atoms with Gasteiger partial charge in [0.05, 0.1) is 6.04 Å². The van der Waals surface area contributed by atoms with Gasteiger partial charge in [-0.05, 0) is 26.0 Å². The first-order valence-corrected chi connectivity index (χ1v) is 6.15. The Labute approximate surface area is 104 Å². The third-order valence-electron chi connectivity index (χ3n) is 2.12. The van der Waals surface area contributed by atoms with Gasteiger partial charge in [-0.3, -0.25) is 0 Å². The summed E-state index contributed by atoms with van der Waals surface area (Å²) in [5.74, 6) is 0. The first-order chi connectivity index (χ1) is 7.65. The third kappa shape index (κ3) is 2.71. The van der Waals surface area contributed by atoms with Gasteiger partial charge in [-0.15, -0.1) is 11.3 Å². The molecule has 2 aromatic rings. The number of anilines is 1. The second kappa shape index (κ2) is 4.80. The second-order valence-electron chi connectivity index (χ2n) is 3.54. The fraction of sp³-hybridized carbons (Fsp3) is 0.273. The fourth-order valence-corrected chi connectivity index (χ4v) is 2.33. The number of aryl methyl sites for hydroxylation is 1. The Morgan fingerprint density at radius 1 is 1.44 bits per heavy atom.